The highest BCUT2D eigenvalue weighted by molar-refractivity contribution is 7.47. The Labute approximate surface area is 487 Å². The van der Waals surface area contributed by atoms with Crippen molar-refractivity contribution in [3.63, 3.8) is 0 Å². The van der Waals surface area contributed by atoms with Crippen molar-refractivity contribution in [1.82, 2.24) is 0 Å². The van der Waals surface area contributed by atoms with Crippen LogP contribution in [0.3, 0.4) is 0 Å². The molecule has 456 valence electrons. The number of allylic oxidation sites excluding steroid dienone is 20. The molecule has 2 N–H and O–H groups in total. The van der Waals surface area contributed by atoms with Gasteiger partial charge in [-0.05, 0) is 128 Å². The van der Waals surface area contributed by atoms with E-state index >= 15 is 0 Å². The fourth-order valence-corrected chi connectivity index (χ4v) is 8.92. The topological polar surface area (TPSA) is 155 Å². The molecule has 0 aliphatic carbocycles. The van der Waals surface area contributed by atoms with Crippen LogP contribution in [0.1, 0.15) is 252 Å². The molecule has 0 fully saturated rings. The maximum Gasteiger partial charge on any atom is 0.472 e. The minimum atomic E-state index is -4.77. The molecule has 0 amide bonds. The third-order valence-corrected chi connectivity index (χ3v) is 13.8. The van der Waals surface area contributed by atoms with Gasteiger partial charge in [-0.3, -0.25) is 23.4 Å². The number of aliphatic hydroxyl groups is 1. The van der Waals surface area contributed by atoms with Gasteiger partial charge in [-0.2, -0.15) is 0 Å². The van der Waals surface area contributed by atoms with Crippen LogP contribution in [0.2, 0.25) is 0 Å². The lowest BCUT2D eigenvalue weighted by atomic mass is 10.1. The van der Waals surface area contributed by atoms with Crippen molar-refractivity contribution in [2.75, 3.05) is 26.4 Å². The van der Waals surface area contributed by atoms with Crippen LogP contribution in [0.25, 0.3) is 0 Å². The predicted molar refractivity (Wildman–Crippen MR) is 334 cm³/mol. The zero-order valence-corrected chi connectivity index (χ0v) is 51.4. The zero-order chi connectivity index (χ0) is 58.3. The van der Waals surface area contributed by atoms with E-state index < -0.39 is 57.8 Å². The van der Waals surface area contributed by atoms with Gasteiger partial charge in [-0.1, -0.05) is 226 Å². The molecule has 0 aliphatic heterocycles. The Kier molecular flexibility index (Phi) is 57.8. The second-order valence-electron chi connectivity index (χ2n) is 20.5. The summed E-state index contributed by atoms with van der Waals surface area (Å²) in [5.41, 5.74) is 0. The van der Waals surface area contributed by atoms with Crippen LogP contribution < -0.4 is 0 Å². The molecule has 0 bridgehead atoms. The van der Waals surface area contributed by atoms with Crippen molar-refractivity contribution in [2.24, 2.45) is 0 Å². The number of unbranched alkanes of at least 4 members (excludes halogenated alkanes) is 20. The highest BCUT2D eigenvalue weighted by Gasteiger charge is 2.28. The van der Waals surface area contributed by atoms with Gasteiger partial charge < -0.3 is 24.2 Å². The third-order valence-electron chi connectivity index (χ3n) is 12.8. The first-order valence-electron chi connectivity index (χ1n) is 31.4. The molecular weight excluding hydrogens is 1020 g/mol. The van der Waals surface area contributed by atoms with E-state index in [0.29, 0.717) is 19.3 Å². The number of hydrogen-bond donors (Lipinski definition) is 2. The number of carbonyl (C=O) groups excluding carboxylic acids is 3. The fraction of sp³-hybridized carbons (Fsp3) is 0.662. The first kappa shape index (κ1) is 75.9. The molecule has 0 saturated carbocycles. The summed E-state index contributed by atoms with van der Waals surface area (Å²) in [5.74, 6) is -1.53. The first-order chi connectivity index (χ1) is 39.2. The quantitative estimate of drug-likeness (QED) is 0.0197. The maximum atomic E-state index is 13.0. The summed E-state index contributed by atoms with van der Waals surface area (Å²) >= 11 is 0. The first-order valence-corrected chi connectivity index (χ1v) is 32.9. The standard InChI is InChI=1S/C68H113O11P/c1-4-7-10-13-16-19-22-25-28-30-32-34-37-39-42-45-48-51-54-57-66(70)75-61-65(79-68(72)59-56-53-50-47-44-41-38-35-33-31-29-26-23-20-17-14-11-8-5-2)63-77-80(73,74)76-62-64(60-69)78-67(71)58-55-52-49-46-43-40-36-27-24-21-18-15-12-9-6-3/h7,9-10,12,16-21,25-29,32,34,36,39,42,64-65,69H,4-6,8,11,13-15,22-24,30-31,33,35,37-38,40-41,43-63H2,1-3H3,(H,73,74)/b10-7-,12-9-,19-16-,20-17-,21-18-,28-25-,29-26-,34-32-,36-27-,42-39-. The molecule has 0 aromatic rings. The number of phosphoric ester groups is 1. The van der Waals surface area contributed by atoms with Crippen molar-refractivity contribution < 1.29 is 52.2 Å². The Balaban J connectivity index is 4.80. The average Bonchev–Trinajstić information content (AvgIpc) is 3.45. The van der Waals surface area contributed by atoms with Crippen LogP contribution in [-0.4, -0.2) is 66.5 Å². The number of carbonyl (C=O) groups is 3. The van der Waals surface area contributed by atoms with Crippen molar-refractivity contribution in [3.05, 3.63) is 122 Å². The van der Waals surface area contributed by atoms with E-state index in [4.69, 9.17) is 23.3 Å². The number of hydrogen-bond acceptors (Lipinski definition) is 10. The normalized spacial score (nSPS) is 14.1. The number of rotatable bonds is 57. The highest BCUT2D eigenvalue weighted by Crippen LogP contribution is 2.43. The van der Waals surface area contributed by atoms with Crippen LogP contribution in [0.5, 0.6) is 0 Å². The predicted octanol–water partition coefficient (Wildman–Crippen LogP) is 19.1. The molecule has 0 radical (unpaired) electrons. The Bertz CT molecular complexity index is 1800. The van der Waals surface area contributed by atoms with E-state index in [0.717, 1.165) is 135 Å². The SMILES string of the molecule is CC/C=C\C/C=C\C/C=C\C/C=C\C/C=C\CCCCCC(=O)OCC(COP(=O)(O)OCC(CO)OC(=O)CCCCCCC/C=C\C/C=C\C/C=C\CC)OC(=O)CCCCCCCCCCC/C=C\C/C=C\CCCCC. The zero-order valence-electron chi connectivity index (χ0n) is 50.5. The van der Waals surface area contributed by atoms with E-state index in [1.54, 1.807) is 0 Å². The van der Waals surface area contributed by atoms with Crippen molar-refractivity contribution >= 4 is 25.7 Å². The van der Waals surface area contributed by atoms with E-state index in [2.05, 4.69) is 142 Å². The molecule has 0 aromatic heterocycles. The molecule has 12 heteroatoms. The summed E-state index contributed by atoms with van der Waals surface area (Å²) in [6.07, 6.45) is 75.7. The van der Waals surface area contributed by atoms with Gasteiger partial charge in [0.2, 0.25) is 0 Å². The average molecular weight is 1140 g/mol. The summed E-state index contributed by atoms with van der Waals surface area (Å²) in [4.78, 5) is 48.7. The molecule has 80 heavy (non-hydrogen) atoms. The monoisotopic (exact) mass is 1140 g/mol. The summed E-state index contributed by atoms with van der Waals surface area (Å²) in [6, 6.07) is 0. The van der Waals surface area contributed by atoms with Gasteiger partial charge >= 0.3 is 25.7 Å². The minimum Gasteiger partial charge on any atom is -0.462 e. The van der Waals surface area contributed by atoms with Gasteiger partial charge in [0.15, 0.2) is 6.10 Å². The molecule has 0 rings (SSSR count). The van der Waals surface area contributed by atoms with Crippen molar-refractivity contribution in [3.8, 4) is 0 Å². The lowest BCUT2D eigenvalue weighted by molar-refractivity contribution is -0.161. The Morgan fingerprint density at radius 1 is 0.362 bits per heavy atom. The smallest absolute Gasteiger partial charge is 0.462 e. The fourth-order valence-electron chi connectivity index (χ4n) is 8.13. The van der Waals surface area contributed by atoms with Gasteiger partial charge in [0.05, 0.1) is 19.8 Å². The van der Waals surface area contributed by atoms with Gasteiger partial charge in [0, 0.05) is 19.3 Å². The molecule has 3 unspecified atom stereocenters. The molecule has 0 aliphatic rings. The molecule has 0 saturated heterocycles. The van der Waals surface area contributed by atoms with Gasteiger partial charge in [-0.15, -0.1) is 0 Å². The lowest BCUT2D eigenvalue weighted by Crippen LogP contribution is -2.30. The van der Waals surface area contributed by atoms with Crippen LogP contribution in [0.4, 0.5) is 0 Å². The van der Waals surface area contributed by atoms with Crippen LogP contribution in [0, 0.1) is 0 Å². The minimum absolute atomic E-state index is 0.148. The van der Waals surface area contributed by atoms with E-state index in [1.165, 1.54) is 57.8 Å². The summed E-state index contributed by atoms with van der Waals surface area (Å²) in [7, 11) is -4.77. The van der Waals surface area contributed by atoms with E-state index in [-0.39, 0.29) is 25.9 Å². The third kappa shape index (κ3) is 58.5. The molecular formula is C68H113O11P. The van der Waals surface area contributed by atoms with Gasteiger partial charge in [0.1, 0.15) is 12.7 Å². The second-order valence-corrected chi connectivity index (χ2v) is 21.9. The number of esters is 3. The van der Waals surface area contributed by atoms with E-state index in [9.17, 15) is 28.9 Å². The van der Waals surface area contributed by atoms with Gasteiger partial charge in [0.25, 0.3) is 0 Å². The number of aliphatic hydroxyl groups excluding tert-OH is 1. The van der Waals surface area contributed by atoms with Crippen LogP contribution in [0.15, 0.2) is 122 Å². The van der Waals surface area contributed by atoms with Crippen LogP contribution in [-0.2, 0) is 42.2 Å². The summed E-state index contributed by atoms with van der Waals surface area (Å²) < 4.78 is 39.6. The largest absolute Gasteiger partial charge is 0.472 e. The molecule has 0 spiro atoms. The molecule has 0 aromatic carbocycles. The Hall–Kier alpha value is -4.12. The highest BCUT2D eigenvalue weighted by atomic mass is 31.2. The van der Waals surface area contributed by atoms with Crippen molar-refractivity contribution in [2.45, 2.75) is 264 Å². The van der Waals surface area contributed by atoms with E-state index in [1.807, 2.05) is 0 Å². The van der Waals surface area contributed by atoms with Crippen molar-refractivity contribution in [1.29, 1.82) is 0 Å². The Morgan fingerprint density at radius 2 is 0.650 bits per heavy atom. The lowest BCUT2D eigenvalue weighted by Gasteiger charge is -2.21. The maximum absolute atomic E-state index is 13.0. The number of phosphoric acid groups is 1. The molecule has 0 heterocycles. The van der Waals surface area contributed by atoms with Gasteiger partial charge in [-0.25, -0.2) is 4.57 Å². The second kappa shape index (κ2) is 61.0. The number of ether oxygens (including phenoxy) is 3. The summed E-state index contributed by atoms with van der Waals surface area (Å²) in [6.45, 7) is 4.34. The molecule has 11 nitrogen and oxygen atoms in total. The van der Waals surface area contributed by atoms with Crippen LogP contribution >= 0.6 is 7.82 Å². The Morgan fingerprint density at radius 3 is 1.01 bits per heavy atom. The summed E-state index contributed by atoms with van der Waals surface area (Å²) in [5, 5.41) is 9.84. The molecule has 3 atom stereocenters.